The summed E-state index contributed by atoms with van der Waals surface area (Å²) in [4.78, 5) is 5.68. The minimum absolute atomic E-state index is 0.0277. The van der Waals surface area contributed by atoms with E-state index >= 15 is 0 Å². The van der Waals surface area contributed by atoms with Crippen LogP contribution in [-0.2, 0) is 0 Å². The Hall–Kier alpha value is -1.26. The molecule has 15 heavy (non-hydrogen) atoms. The molecule has 1 aliphatic heterocycles. The smallest absolute Gasteiger partial charge is 0.355 e. The molecule has 0 saturated carbocycles. The Kier molecular flexibility index (Phi) is 2.32. The molecule has 1 saturated heterocycles. The molecule has 0 amide bonds. The lowest BCUT2D eigenvalue weighted by Crippen LogP contribution is -2.53. The second kappa shape index (κ2) is 3.40. The maximum Gasteiger partial charge on any atom is 0.395 e. The summed E-state index contributed by atoms with van der Waals surface area (Å²) in [6, 6.07) is 3.62. The topological polar surface area (TPSA) is 16.1 Å². The van der Waals surface area contributed by atoms with Crippen molar-refractivity contribution in [3.63, 3.8) is 0 Å². The molecule has 5 heteroatoms. The van der Waals surface area contributed by atoms with Crippen molar-refractivity contribution in [2.24, 2.45) is 5.92 Å². The number of halogens is 3. The molecule has 82 valence electrons. The molecule has 0 aromatic carbocycles. The van der Waals surface area contributed by atoms with E-state index in [1.165, 1.54) is 0 Å². The van der Waals surface area contributed by atoms with Gasteiger partial charge in [0.15, 0.2) is 0 Å². The van der Waals surface area contributed by atoms with Crippen LogP contribution < -0.4 is 4.90 Å². The van der Waals surface area contributed by atoms with Gasteiger partial charge in [-0.3, -0.25) is 0 Å². The lowest BCUT2D eigenvalue weighted by Gasteiger charge is -2.40. The number of alkyl halides is 3. The standard InChI is InChI=1S/C10H11F3N2/c1-7-2-3-14-9(4-7)15-5-8(6-15)10(11,12)13/h2-4,8H,5-6H2,1H3. The van der Waals surface area contributed by atoms with Gasteiger partial charge >= 0.3 is 6.18 Å². The van der Waals surface area contributed by atoms with Crippen LogP contribution in [0, 0.1) is 12.8 Å². The number of aryl methyl sites for hydroxylation is 1. The van der Waals surface area contributed by atoms with E-state index in [0.29, 0.717) is 5.82 Å². The highest BCUT2D eigenvalue weighted by molar-refractivity contribution is 5.43. The molecule has 0 aliphatic carbocycles. The summed E-state index contributed by atoms with van der Waals surface area (Å²) in [5.74, 6) is -0.560. The molecule has 1 aromatic heterocycles. The molecule has 2 nitrogen and oxygen atoms in total. The van der Waals surface area contributed by atoms with Crippen molar-refractivity contribution in [3.8, 4) is 0 Å². The number of hydrogen-bond donors (Lipinski definition) is 0. The Bertz CT molecular complexity index is 356. The van der Waals surface area contributed by atoms with E-state index in [1.807, 2.05) is 13.0 Å². The zero-order chi connectivity index (χ0) is 11.1. The molecule has 0 atom stereocenters. The Morgan fingerprint density at radius 1 is 1.40 bits per heavy atom. The zero-order valence-corrected chi connectivity index (χ0v) is 8.25. The molecule has 0 spiro atoms. The average molecular weight is 216 g/mol. The first-order valence-corrected chi connectivity index (χ1v) is 4.71. The Morgan fingerprint density at radius 3 is 2.60 bits per heavy atom. The van der Waals surface area contributed by atoms with Crippen molar-refractivity contribution in [1.82, 2.24) is 4.98 Å². The second-order valence-corrected chi connectivity index (χ2v) is 3.83. The van der Waals surface area contributed by atoms with Gasteiger partial charge in [0.2, 0.25) is 0 Å². The van der Waals surface area contributed by atoms with Gasteiger partial charge < -0.3 is 4.90 Å². The second-order valence-electron chi connectivity index (χ2n) is 3.83. The molecule has 0 radical (unpaired) electrons. The van der Waals surface area contributed by atoms with Crippen LogP contribution in [0.2, 0.25) is 0 Å². The van der Waals surface area contributed by atoms with Gasteiger partial charge in [-0.05, 0) is 24.6 Å². The van der Waals surface area contributed by atoms with Gasteiger partial charge in [0.05, 0.1) is 5.92 Å². The minimum atomic E-state index is -4.07. The maximum absolute atomic E-state index is 12.2. The van der Waals surface area contributed by atoms with Crippen LogP contribution in [0.5, 0.6) is 0 Å². The zero-order valence-electron chi connectivity index (χ0n) is 8.25. The van der Waals surface area contributed by atoms with Crippen molar-refractivity contribution < 1.29 is 13.2 Å². The fourth-order valence-electron chi connectivity index (χ4n) is 1.57. The van der Waals surface area contributed by atoms with E-state index in [0.717, 1.165) is 5.56 Å². The summed E-state index contributed by atoms with van der Waals surface area (Å²) in [7, 11) is 0. The number of pyridine rings is 1. The molecule has 1 aliphatic rings. The third kappa shape index (κ3) is 2.06. The molecule has 2 heterocycles. The average Bonchev–Trinajstić information content (AvgIpc) is 1.97. The van der Waals surface area contributed by atoms with Crippen molar-refractivity contribution in [1.29, 1.82) is 0 Å². The molecule has 2 rings (SSSR count). The van der Waals surface area contributed by atoms with Gasteiger partial charge in [-0.25, -0.2) is 4.98 Å². The number of aromatic nitrogens is 1. The predicted octanol–water partition coefficient (Wildman–Crippen LogP) is 2.39. The summed E-state index contributed by atoms with van der Waals surface area (Å²) in [5, 5.41) is 0. The first-order valence-electron chi connectivity index (χ1n) is 4.71. The van der Waals surface area contributed by atoms with E-state index < -0.39 is 12.1 Å². The van der Waals surface area contributed by atoms with E-state index in [-0.39, 0.29) is 13.1 Å². The van der Waals surface area contributed by atoms with Gasteiger partial charge in [0.1, 0.15) is 5.82 Å². The van der Waals surface area contributed by atoms with Gasteiger partial charge in [-0.15, -0.1) is 0 Å². The SMILES string of the molecule is Cc1ccnc(N2CC(C(F)(F)F)C2)c1. The summed E-state index contributed by atoms with van der Waals surface area (Å²) in [6.45, 7) is 1.95. The van der Waals surface area contributed by atoms with Crippen LogP contribution >= 0.6 is 0 Å². The maximum atomic E-state index is 12.2. The third-order valence-electron chi connectivity index (χ3n) is 2.57. The molecule has 1 aromatic rings. The molecular formula is C10H11F3N2. The van der Waals surface area contributed by atoms with Crippen LogP contribution in [0.1, 0.15) is 5.56 Å². The highest BCUT2D eigenvalue weighted by Gasteiger charge is 2.47. The monoisotopic (exact) mass is 216 g/mol. The van der Waals surface area contributed by atoms with E-state index in [9.17, 15) is 13.2 Å². The summed E-state index contributed by atoms with van der Waals surface area (Å²) in [6.07, 6.45) is -2.45. The largest absolute Gasteiger partial charge is 0.395 e. The van der Waals surface area contributed by atoms with E-state index in [1.54, 1.807) is 17.2 Å². The fraction of sp³-hybridized carbons (Fsp3) is 0.500. The van der Waals surface area contributed by atoms with Gasteiger partial charge in [-0.2, -0.15) is 13.2 Å². The molecule has 0 unspecified atom stereocenters. The first-order chi connectivity index (χ1) is 6.97. The summed E-state index contributed by atoms with van der Waals surface area (Å²) >= 11 is 0. The van der Waals surface area contributed by atoms with Crippen LogP contribution in [0.15, 0.2) is 18.3 Å². The van der Waals surface area contributed by atoms with Crippen LogP contribution in [-0.4, -0.2) is 24.2 Å². The molecule has 0 N–H and O–H groups in total. The number of hydrogen-bond acceptors (Lipinski definition) is 2. The van der Waals surface area contributed by atoms with E-state index in [2.05, 4.69) is 4.98 Å². The normalized spacial score (nSPS) is 17.7. The quantitative estimate of drug-likeness (QED) is 0.716. The Labute approximate surface area is 85.7 Å². The van der Waals surface area contributed by atoms with E-state index in [4.69, 9.17) is 0 Å². The van der Waals surface area contributed by atoms with Crippen LogP contribution in [0.4, 0.5) is 19.0 Å². The lowest BCUT2D eigenvalue weighted by molar-refractivity contribution is -0.180. The number of anilines is 1. The lowest BCUT2D eigenvalue weighted by atomic mass is 9.99. The molecule has 1 fully saturated rings. The highest BCUT2D eigenvalue weighted by atomic mass is 19.4. The van der Waals surface area contributed by atoms with Gasteiger partial charge in [0.25, 0.3) is 0 Å². The van der Waals surface area contributed by atoms with Crippen molar-refractivity contribution in [2.45, 2.75) is 13.1 Å². The minimum Gasteiger partial charge on any atom is -0.355 e. The summed E-state index contributed by atoms with van der Waals surface area (Å²) in [5.41, 5.74) is 1.01. The van der Waals surface area contributed by atoms with Gasteiger partial charge in [-0.1, -0.05) is 0 Å². The van der Waals surface area contributed by atoms with Gasteiger partial charge in [0, 0.05) is 19.3 Å². The Morgan fingerprint density at radius 2 is 2.07 bits per heavy atom. The van der Waals surface area contributed by atoms with Crippen LogP contribution in [0.25, 0.3) is 0 Å². The number of rotatable bonds is 1. The summed E-state index contributed by atoms with van der Waals surface area (Å²) < 4.78 is 36.7. The van der Waals surface area contributed by atoms with Crippen molar-refractivity contribution >= 4 is 5.82 Å². The predicted molar refractivity (Wildman–Crippen MR) is 50.7 cm³/mol. The molecular weight excluding hydrogens is 205 g/mol. The number of nitrogens with zero attached hydrogens (tertiary/aromatic N) is 2. The van der Waals surface area contributed by atoms with Crippen LogP contribution in [0.3, 0.4) is 0 Å². The van der Waals surface area contributed by atoms with Crippen molar-refractivity contribution in [2.75, 3.05) is 18.0 Å². The molecule has 0 bridgehead atoms. The third-order valence-corrected chi connectivity index (χ3v) is 2.57. The first kappa shape index (κ1) is 10.3. The fourth-order valence-corrected chi connectivity index (χ4v) is 1.57. The van der Waals surface area contributed by atoms with Crippen molar-refractivity contribution in [3.05, 3.63) is 23.9 Å². The highest BCUT2D eigenvalue weighted by Crippen LogP contribution is 2.35. The Balaban J connectivity index is 2.00.